The van der Waals surface area contributed by atoms with Gasteiger partial charge in [-0.1, -0.05) is 30.3 Å². The maximum atomic E-state index is 12.2. The van der Waals surface area contributed by atoms with Crippen molar-refractivity contribution in [3.8, 4) is 0 Å². The van der Waals surface area contributed by atoms with Crippen molar-refractivity contribution in [2.24, 2.45) is 0 Å². The van der Waals surface area contributed by atoms with Crippen LogP contribution < -0.4 is 5.32 Å². The first-order valence-corrected chi connectivity index (χ1v) is 6.76. The fraction of sp³-hybridized carbons (Fsp3) is 0.467. The van der Waals surface area contributed by atoms with E-state index in [1.807, 2.05) is 35.2 Å². The Balaban J connectivity index is 2.05. The summed E-state index contributed by atoms with van der Waals surface area (Å²) in [6.07, 6.45) is 2.51. The Bertz CT molecular complexity index is 439. The highest BCUT2D eigenvalue weighted by molar-refractivity contribution is 5.79. The van der Waals surface area contributed by atoms with Crippen molar-refractivity contribution in [3.63, 3.8) is 0 Å². The Morgan fingerprint density at radius 3 is 2.42 bits per heavy atom. The van der Waals surface area contributed by atoms with Gasteiger partial charge in [-0.3, -0.25) is 9.59 Å². The molecule has 1 aliphatic rings. The van der Waals surface area contributed by atoms with Crippen LogP contribution in [0.15, 0.2) is 30.3 Å². The number of hydrogen-bond acceptors (Lipinski definition) is 2. The monoisotopic (exact) mass is 260 g/mol. The maximum Gasteiger partial charge on any atom is 0.224 e. The Labute approximate surface area is 113 Å². The fourth-order valence-electron chi connectivity index (χ4n) is 2.45. The van der Waals surface area contributed by atoms with Gasteiger partial charge in [-0.15, -0.1) is 0 Å². The smallest absolute Gasteiger partial charge is 0.224 e. The molecule has 2 amide bonds. The van der Waals surface area contributed by atoms with Crippen molar-refractivity contribution in [1.82, 2.24) is 10.2 Å². The molecule has 19 heavy (non-hydrogen) atoms. The van der Waals surface area contributed by atoms with Gasteiger partial charge in [-0.2, -0.15) is 0 Å². The van der Waals surface area contributed by atoms with Gasteiger partial charge in [-0.25, -0.2) is 0 Å². The summed E-state index contributed by atoms with van der Waals surface area (Å²) in [4.78, 5) is 25.4. The van der Waals surface area contributed by atoms with E-state index in [0.717, 1.165) is 31.5 Å². The van der Waals surface area contributed by atoms with Crippen molar-refractivity contribution in [2.45, 2.75) is 32.2 Å². The number of rotatable bonds is 4. The first-order valence-electron chi connectivity index (χ1n) is 6.76. The van der Waals surface area contributed by atoms with Crippen molar-refractivity contribution in [1.29, 1.82) is 0 Å². The Kier molecular flexibility index (Phi) is 4.55. The number of likely N-dealkylation sites (tertiary alicyclic amines) is 1. The van der Waals surface area contributed by atoms with E-state index >= 15 is 0 Å². The lowest BCUT2D eigenvalue weighted by molar-refractivity contribution is -0.131. The average Bonchev–Trinajstić information content (AvgIpc) is 2.92. The molecular formula is C15H20N2O2. The van der Waals surface area contributed by atoms with Crippen molar-refractivity contribution >= 4 is 11.8 Å². The molecule has 1 N–H and O–H groups in total. The molecule has 0 aromatic heterocycles. The van der Waals surface area contributed by atoms with Crippen LogP contribution in [-0.4, -0.2) is 29.8 Å². The van der Waals surface area contributed by atoms with Crippen LogP contribution in [0.1, 0.15) is 37.8 Å². The van der Waals surface area contributed by atoms with Crippen LogP contribution in [0.3, 0.4) is 0 Å². The number of nitrogens with one attached hydrogen (secondary N) is 1. The summed E-state index contributed by atoms with van der Waals surface area (Å²) in [7, 11) is 0. The third kappa shape index (κ3) is 3.81. The maximum absolute atomic E-state index is 12.2. The second-order valence-corrected chi connectivity index (χ2v) is 4.96. The summed E-state index contributed by atoms with van der Waals surface area (Å²) in [6, 6.07) is 9.42. The van der Waals surface area contributed by atoms with Gasteiger partial charge in [0.2, 0.25) is 11.8 Å². The molecule has 0 unspecified atom stereocenters. The Hall–Kier alpha value is -1.84. The minimum absolute atomic E-state index is 0.108. The molecular weight excluding hydrogens is 240 g/mol. The number of benzene rings is 1. The highest BCUT2D eigenvalue weighted by Crippen LogP contribution is 2.19. The molecule has 1 aliphatic heterocycles. The number of hydrogen-bond donors (Lipinski definition) is 1. The standard InChI is InChI=1S/C15H20N2O2/c1-12(18)16-14(13-7-3-2-4-8-13)11-15(19)17-9-5-6-10-17/h2-4,7-8,14H,5-6,9-11H2,1H3,(H,16,18)/t14-/m0/s1. The van der Waals surface area contributed by atoms with Crippen molar-refractivity contribution in [2.75, 3.05) is 13.1 Å². The zero-order valence-corrected chi connectivity index (χ0v) is 11.3. The lowest BCUT2D eigenvalue weighted by Crippen LogP contribution is -2.34. The SMILES string of the molecule is CC(=O)N[C@@H](CC(=O)N1CCCC1)c1ccccc1. The summed E-state index contributed by atoms with van der Waals surface area (Å²) in [5, 5.41) is 2.86. The van der Waals surface area contributed by atoms with E-state index in [1.54, 1.807) is 0 Å². The molecule has 0 saturated carbocycles. The summed E-state index contributed by atoms with van der Waals surface area (Å²) >= 11 is 0. The van der Waals surface area contributed by atoms with Gasteiger partial charge in [0.1, 0.15) is 0 Å². The van der Waals surface area contributed by atoms with Crippen LogP contribution in [-0.2, 0) is 9.59 Å². The highest BCUT2D eigenvalue weighted by Gasteiger charge is 2.23. The molecule has 0 radical (unpaired) electrons. The minimum Gasteiger partial charge on any atom is -0.349 e. The lowest BCUT2D eigenvalue weighted by Gasteiger charge is -2.22. The van der Waals surface area contributed by atoms with Gasteiger partial charge in [0, 0.05) is 20.0 Å². The highest BCUT2D eigenvalue weighted by atomic mass is 16.2. The van der Waals surface area contributed by atoms with Crippen molar-refractivity contribution in [3.05, 3.63) is 35.9 Å². The fourth-order valence-corrected chi connectivity index (χ4v) is 2.45. The zero-order valence-electron chi connectivity index (χ0n) is 11.3. The second-order valence-electron chi connectivity index (χ2n) is 4.96. The lowest BCUT2D eigenvalue weighted by atomic mass is 10.0. The van der Waals surface area contributed by atoms with Crippen LogP contribution in [0.2, 0.25) is 0 Å². The van der Waals surface area contributed by atoms with Crippen LogP contribution in [0.4, 0.5) is 0 Å². The minimum atomic E-state index is -0.230. The second kappa shape index (κ2) is 6.36. The van der Waals surface area contributed by atoms with Gasteiger partial charge in [0.05, 0.1) is 12.5 Å². The van der Waals surface area contributed by atoms with E-state index in [4.69, 9.17) is 0 Å². The van der Waals surface area contributed by atoms with E-state index < -0.39 is 0 Å². The molecule has 4 nitrogen and oxygen atoms in total. The largest absolute Gasteiger partial charge is 0.349 e. The molecule has 1 fully saturated rings. The van der Waals surface area contributed by atoms with E-state index in [2.05, 4.69) is 5.32 Å². The van der Waals surface area contributed by atoms with E-state index in [9.17, 15) is 9.59 Å². The average molecular weight is 260 g/mol. The molecule has 0 bridgehead atoms. The van der Waals surface area contributed by atoms with E-state index in [-0.39, 0.29) is 17.9 Å². The summed E-state index contributed by atoms with van der Waals surface area (Å²) in [6.45, 7) is 3.18. The molecule has 1 heterocycles. The summed E-state index contributed by atoms with van der Waals surface area (Å²) in [5.41, 5.74) is 0.977. The van der Waals surface area contributed by atoms with Gasteiger partial charge >= 0.3 is 0 Å². The quantitative estimate of drug-likeness (QED) is 0.898. The normalized spacial score (nSPS) is 16.2. The third-order valence-corrected chi connectivity index (χ3v) is 3.42. The summed E-state index contributed by atoms with van der Waals surface area (Å²) in [5.74, 6) is 0.0168. The van der Waals surface area contributed by atoms with Gasteiger partial charge in [0.15, 0.2) is 0 Å². The Morgan fingerprint density at radius 1 is 1.21 bits per heavy atom. The number of amides is 2. The van der Waals surface area contributed by atoms with E-state index in [0.29, 0.717) is 6.42 Å². The molecule has 0 aliphatic carbocycles. The van der Waals surface area contributed by atoms with Gasteiger partial charge in [-0.05, 0) is 18.4 Å². The molecule has 2 rings (SSSR count). The first-order chi connectivity index (χ1) is 9.16. The van der Waals surface area contributed by atoms with Gasteiger partial charge in [0.25, 0.3) is 0 Å². The molecule has 4 heteroatoms. The van der Waals surface area contributed by atoms with Crippen LogP contribution in [0.5, 0.6) is 0 Å². The molecule has 1 aromatic carbocycles. The number of carbonyl (C=O) groups is 2. The zero-order chi connectivity index (χ0) is 13.7. The third-order valence-electron chi connectivity index (χ3n) is 3.42. The molecule has 102 valence electrons. The molecule has 1 atom stereocenters. The van der Waals surface area contributed by atoms with Gasteiger partial charge < -0.3 is 10.2 Å². The topological polar surface area (TPSA) is 49.4 Å². The molecule has 1 aromatic rings. The molecule has 1 saturated heterocycles. The first kappa shape index (κ1) is 13.6. The van der Waals surface area contributed by atoms with Crippen LogP contribution in [0.25, 0.3) is 0 Å². The predicted molar refractivity (Wildman–Crippen MR) is 73.4 cm³/mol. The predicted octanol–water partition coefficient (Wildman–Crippen LogP) is 1.88. The van der Waals surface area contributed by atoms with Crippen molar-refractivity contribution < 1.29 is 9.59 Å². The Morgan fingerprint density at radius 2 is 1.84 bits per heavy atom. The number of nitrogens with zero attached hydrogens (tertiary/aromatic N) is 1. The van der Waals surface area contributed by atoms with Crippen LogP contribution in [0, 0.1) is 0 Å². The summed E-state index contributed by atoms with van der Waals surface area (Å²) < 4.78 is 0. The number of carbonyl (C=O) groups excluding carboxylic acids is 2. The molecule has 0 spiro atoms. The van der Waals surface area contributed by atoms with Crippen LogP contribution >= 0.6 is 0 Å². The van der Waals surface area contributed by atoms with E-state index in [1.165, 1.54) is 6.92 Å².